The summed E-state index contributed by atoms with van der Waals surface area (Å²) in [5.41, 5.74) is 2.50. The Morgan fingerprint density at radius 1 is 1.21 bits per heavy atom. The van der Waals surface area contributed by atoms with Gasteiger partial charge in [-0.1, -0.05) is 11.6 Å². The van der Waals surface area contributed by atoms with Crippen LogP contribution in [0.25, 0.3) is 22.4 Å². The third-order valence-electron chi connectivity index (χ3n) is 4.02. The average molecular weight is 343 g/mol. The molecule has 0 saturated heterocycles. The number of aryl methyl sites for hydroxylation is 1. The summed E-state index contributed by atoms with van der Waals surface area (Å²) in [4.78, 5) is 32.4. The van der Waals surface area contributed by atoms with Gasteiger partial charge in [0.1, 0.15) is 5.82 Å². The largest absolute Gasteiger partial charge is 0.480 e. The standard InChI is InChI=1S/C16H11ClN4O3/c1-21-11-6-8-7(14(22)20-15(8)23)5-10(11)19-13(21)12-9(17)3-4-18-16(12)24-2/h3-6H,1-2H3,(H,20,22,23). The molecule has 120 valence electrons. The van der Waals surface area contributed by atoms with Crippen LogP contribution in [0.2, 0.25) is 5.02 Å². The first-order valence-electron chi connectivity index (χ1n) is 7.06. The minimum absolute atomic E-state index is 0.321. The number of carbonyl (C=O) groups is 2. The van der Waals surface area contributed by atoms with Gasteiger partial charge in [0.05, 0.1) is 39.9 Å². The van der Waals surface area contributed by atoms with Gasteiger partial charge in [-0.2, -0.15) is 0 Å². The van der Waals surface area contributed by atoms with E-state index >= 15 is 0 Å². The molecule has 0 spiro atoms. The molecule has 3 heterocycles. The number of halogens is 1. The van der Waals surface area contributed by atoms with Crippen LogP contribution in [0, 0.1) is 0 Å². The number of benzene rings is 1. The molecule has 8 heteroatoms. The van der Waals surface area contributed by atoms with Crippen LogP contribution in [0.4, 0.5) is 0 Å². The zero-order valence-electron chi connectivity index (χ0n) is 12.8. The number of hydrogen-bond acceptors (Lipinski definition) is 5. The number of imide groups is 1. The Bertz CT molecular complexity index is 1040. The molecule has 0 bridgehead atoms. The van der Waals surface area contributed by atoms with E-state index in [0.29, 0.717) is 44.5 Å². The van der Waals surface area contributed by atoms with Crippen LogP contribution in [0.1, 0.15) is 20.7 Å². The molecular formula is C16H11ClN4O3. The minimum Gasteiger partial charge on any atom is -0.480 e. The average Bonchev–Trinajstić information content (AvgIpc) is 3.03. The van der Waals surface area contributed by atoms with Gasteiger partial charge in [-0.05, 0) is 18.2 Å². The fourth-order valence-electron chi connectivity index (χ4n) is 2.85. The summed E-state index contributed by atoms with van der Waals surface area (Å²) in [5, 5.41) is 2.72. The second kappa shape index (κ2) is 5.04. The minimum atomic E-state index is -0.416. The van der Waals surface area contributed by atoms with Crippen molar-refractivity contribution in [2.24, 2.45) is 7.05 Å². The van der Waals surface area contributed by atoms with E-state index in [4.69, 9.17) is 16.3 Å². The number of nitrogens with one attached hydrogen (secondary N) is 1. The third kappa shape index (κ3) is 1.91. The van der Waals surface area contributed by atoms with Crippen molar-refractivity contribution < 1.29 is 14.3 Å². The number of nitrogens with zero attached hydrogens (tertiary/aromatic N) is 3. The summed E-state index contributed by atoms with van der Waals surface area (Å²) >= 11 is 6.30. The number of hydrogen-bond donors (Lipinski definition) is 1. The highest BCUT2D eigenvalue weighted by Gasteiger charge is 2.29. The molecule has 0 radical (unpaired) electrons. The Hall–Kier alpha value is -2.93. The number of carbonyl (C=O) groups excluding carboxylic acids is 2. The van der Waals surface area contributed by atoms with Crippen molar-refractivity contribution >= 4 is 34.4 Å². The number of fused-ring (bicyclic) bond motifs is 2. The fourth-order valence-corrected chi connectivity index (χ4v) is 3.07. The molecule has 0 atom stereocenters. The molecule has 0 saturated carbocycles. The van der Waals surface area contributed by atoms with Crippen LogP contribution in [0.3, 0.4) is 0 Å². The van der Waals surface area contributed by atoms with Crippen molar-refractivity contribution in [3.05, 3.63) is 40.5 Å². The lowest BCUT2D eigenvalue weighted by molar-refractivity contribution is 0.0879. The molecule has 1 N–H and O–H groups in total. The highest BCUT2D eigenvalue weighted by molar-refractivity contribution is 6.33. The normalized spacial score (nSPS) is 13.3. The first-order valence-corrected chi connectivity index (χ1v) is 7.44. The predicted molar refractivity (Wildman–Crippen MR) is 87.3 cm³/mol. The van der Waals surface area contributed by atoms with E-state index in [2.05, 4.69) is 15.3 Å². The lowest BCUT2D eigenvalue weighted by Gasteiger charge is -2.09. The lowest BCUT2D eigenvalue weighted by Crippen LogP contribution is -2.19. The van der Waals surface area contributed by atoms with Gasteiger partial charge in [0.2, 0.25) is 5.88 Å². The summed E-state index contributed by atoms with van der Waals surface area (Å²) in [6.45, 7) is 0. The van der Waals surface area contributed by atoms with Crippen LogP contribution in [-0.2, 0) is 7.05 Å². The number of imidazole rings is 1. The molecule has 7 nitrogen and oxygen atoms in total. The third-order valence-corrected chi connectivity index (χ3v) is 4.33. The van der Waals surface area contributed by atoms with Crippen molar-refractivity contribution in [2.45, 2.75) is 0 Å². The Kier molecular flexibility index (Phi) is 3.07. The van der Waals surface area contributed by atoms with Crippen molar-refractivity contribution in [2.75, 3.05) is 7.11 Å². The summed E-state index contributed by atoms with van der Waals surface area (Å²) in [5.74, 6) is 0.0662. The van der Waals surface area contributed by atoms with E-state index in [9.17, 15) is 9.59 Å². The predicted octanol–water partition coefficient (Wildman–Crippen LogP) is 2.18. The van der Waals surface area contributed by atoms with Crippen molar-refractivity contribution in [3.8, 4) is 17.3 Å². The van der Waals surface area contributed by atoms with Gasteiger partial charge in [-0.3, -0.25) is 14.9 Å². The van der Waals surface area contributed by atoms with E-state index in [1.54, 1.807) is 36.0 Å². The molecule has 1 aliphatic heterocycles. The Labute approximate surface area is 141 Å². The summed E-state index contributed by atoms with van der Waals surface area (Å²) in [6.07, 6.45) is 1.55. The van der Waals surface area contributed by atoms with Gasteiger partial charge in [0, 0.05) is 13.2 Å². The number of aromatic nitrogens is 3. The van der Waals surface area contributed by atoms with Gasteiger partial charge < -0.3 is 9.30 Å². The van der Waals surface area contributed by atoms with E-state index in [1.165, 1.54) is 7.11 Å². The maximum absolute atomic E-state index is 11.8. The molecule has 0 aliphatic carbocycles. The van der Waals surface area contributed by atoms with E-state index < -0.39 is 11.8 Å². The van der Waals surface area contributed by atoms with E-state index in [0.717, 1.165) is 0 Å². The molecular weight excluding hydrogens is 332 g/mol. The molecule has 24 heavy (non-hydrogen) atoms. The van der Waals surface area contributed by atoms with Gasteiger partial charge in [-0.15, -0.1) is 0 Å². The number of ether oxygens (including phenoxy) is 1. The Morgan fingerprint density at radius 2 is 1.92 bits per heavy atom. The second-order valence-corrected chi connectivity index (χ2v) is 5.75. The number of methoxy groups -OCH3 is 1. The van der Waals surface area contributed by atoms with Gasteiger partial charge in [0.25, 0.3) is 11.8 Å². The SMILES string of the molecule is COc1nccc(Cl)c1-c1nc2cc3c(cc2n1C)C(=O)NC3=O. The maximum atomic E-state index is 11.8. The van der Waals surface area contributed by atoms with Crippen LogP contribution in [0.15, 0.2) is 24.4 Å². The van der Waals surface area contributed by atoms with Crippen LogP contribution < -0.4 is 10.1 Å². The van der Waals surface area contributed by atoms with E-state index in [1.807, 2.05) is 0 Å². The first-order chi connectivity index (χ1) is 11.5. The van der Waals surface area contributed by atoms with Gasteiger partial charge >= 0.3 is 0 Å². The lowest BCUT2D eigenvalue weighted by atomic mass is 10.1. The molecule has 1 aromatic carbocycles. The Balaban J connectivity index is 2.02. The molecule has 0 fully saturated rings. The van der Waals surface area contributed by atoms with Crippen LogP contribution in [-0.4, -0.2) is 33.5 Å². The fraction of sp³-hybridized carbons (Fsp3) is 0.125. The quantitative estimate of drug-likeness (QED) is 0.721. The topological polar surface area (TPSA) is 86.1 Å². The molecule has 2 amide bonds. The van der Waals surface area contributed by atoms with Crippen molar-refractivity contribution in [1.82, 2.24) is 19.9 Å². The van der Waals surface area contributed by atoms with Crippen molar-refractivity contribution in [1.29, 1.82) is 0 Å². The van der Waals surface area contributed by atoms with Gasteiger partial charge in [-0.25, -0.2) is 9.97 Å². The molecule has 2 aromatic heterocycles. The van der Waals surface area contributed by atoms with Crippen molar-refractivity contribution in [3.63, 3.8) is 0 Å². The monoisotopic (exact) mass is 342 g/mol. The number of rotatable bonds is 2. The maximum Gasteiger partial charge on any atom is 0.259 e. The second-order valence-electron chi connectivity index (χ2n) is 5.34. The highest BCUT2D eigenvalue weighted by atomic mass is 35.5. The zero-order valence-corrected chi connectivity index (χ0v) is 13.5. The summed E-state index contributed by atoms with van der Waals surface area (Å²) in [6, 6.07) is 4.90. The van der Waals surface area contributed by atoms with Crippen LogP contribution >= 0.6 is 11.6 Å². The first kappa shape index (κ1) is 14.6. The number of amides is 2. The summed E-state index contributed by atoms with van der Waals surface area (Å²) < 4.78 is 7.07. The Morgan fingerprint density at radius 3 is 2.62 bits per heavy atom. The smallest absolute Gasteiger partial charge is 0.259 e. The van der Waals surface area contributed by atoms with Crippen LogP contribution in [0.5, 0.6) is 5.88 Å². The highest BCUT2D eigenvalue weighted by Crippen LogP contribution is 2.36. The zero-order chi connectivity index (χ0) is 17.0. The summed E-state index contributed by atoms with van der Waals surface area (Å²) in [7, 11) is 3.30. The molecule has 3 aromatic rings. The van der Waals surface area contributed by atoms with E-state index in [-0.39, 0.29) is 0 Å². The molecule has 0 unspecified atom stereocenters. The number of pyridine rings is 1. The molecule has 4 rings (SSSR count). The van der Waals surface area contributed by atoms with Gasteiger partial charge in [0.15, 0.2) is 0 Å². The molecule has 1 aliphatic rings.